The highest BCUT2D eigenvalue weighted by Gasteiger charge is 2.45. The monoisotopic (exact) mass is 344 g/mol. The van der Waals surface area contributed by atoms with Crippen molar-refractivity contribution in [3.8, 4) is 0 Å². The molecule has 3 N–H and O–H groups in total. The van der Waals surface area contributed by atoms with E-state index in [9.17, 15) is 9.59 Å². The SMILES string of the molecule is CCOC(=O)c1ccccc1C1CN[C@H](C(N)=O)[C@@H]1C1CCCCC1. The number of rotatable bonds is 5. The summed E-state index contributed by atoms with van der Waals surface area (Å²) < 4.78 is 5.23. The lowest BCUT2D eigenvalue weighted by molar-refractivity contribution is -0.121. The first kappa shape index (κ1) is 17.9. The summed E-state index contributed by atoms with van der Waals surface area (Å²) in [7, 11) is 0. The first-order valence-electron chi connectivity index (χ1n) is 9.42. The number of carbonyl (C=O) groups is 2. The van der Waals surface area contributed by atoms with Crippen LogP contribution < -0.4 is 11.1 Å². The molecule has 0 aromatic heterocycles. The molecule has 3 atom stereocenters. The number of amides is 1. The molecular formula is C20H28N2O3. The predicted molar refractivity (Wildman–Crippen MR) is 96.2 cm³/mol. The van der Waals surface area contributed by atoms with E-state index in [0.717, 1.165) is 18.4 Å². The minimum atomic E-state index is -0.316. The van der Waals surface area contributed by atoms with Gasteiger partial charge in [-0.3, -0.25) is 4.79 Å². The van der Waals surface area contributed by atoms with Gasteiger partial charge in [-0.25, -0.2) is 4.79 Å². The molecule has 5 heteroatoms. The van der Waals surface area contributed by atoms with Crippen molar-refractivity contribution in [1.29, 1.82) is 0 Å². The van der Waals surface area contributed by atoms with Crippen molar-refractivity contribution >= 4 is 11.9 Å². The van der Waals surface area contributed by atoms with E-state index < -0.39 is 0 Å². The Labute approximate surface area is 149 Å². The summed E-state index contributed by atoms with van der Waals surface area (Å²) in [6, 6.07) is 7.32. The van der Waals surface area contributed by atoms with E-state index in [1.165, 1.54) is 19.3 Å². The minimum absolute atomic E-state index is 0.112. The van der Waals surface area contributed by atoms with Crippen LogP contribution in [0, 0.1) is 11.8 Å². The Kier molecular flexibility index (Phi) is 5.74. The van der Waals surface area contributed by atoms with Crippen LogP contribution >= 0.6 is 0 Å². The van der Waals surface area contributed by atoms with Crippen LogP contribution in [-0.4, -0.2) is 31.1 Å². The number of nitrogens with two attached hydrogens (primary N) is 1. The van der Waals surface area contributed by atoms with Gasteiger partial charge in [0.1, 0.15) is 0 Å². The van der Waals surface area contributed by atoms with Gasteiger partial charge in [-0.15, -0.1) is 0 Å². The third kappa shape index (κ3) is 3.71. The summed E-state index contributed by atoms with van der Waals surface area (Å²) in [6.07, 6.45) is 5.95. The fourth-order valence-electron chi connectivity index (χ4n) is 4.70. The minimum Gasteiger partial charge on any atom is -0.462 e. The second kappa shape index (κ2) is 8.00. The molecule has 1 aromatic carbocycles. The Morgan fingerprint density at radius 1 is 1.20 bits per heavy atom. The number of hydrogen-bond donors (Lipinski definition) is 2. The fraction of sp³-hybridized carbons (Fsp3) is 0.600. The average Bonchev–Trinajstić information content (AvgIpc) is 3.08. The number of carbonyl (C=O) groups excluding carboxylic acids is 2. The van der Waals surface area contributed by atoms with E-state index in [2.05, 4.69) is 5.32 Å². The number of benzene rings is 1. The van der Waals surface area contributed by atoms with Gasteiger partial charge < -0.3 is 15.8 Å². The molecule has 3 rings (SSSR count). The topological polar surface area (TPSA) is 81.4 Å². The van der Waals surface area contributed by atoms with Gasteiger partial charge >= 0.3 is 5.97 Å². The van der Waals surface area contributed by atoms with Gasteiger partial charge in [-0.2, -0.15) is 0 Å². The molecule has 1 saturated carbocycles. The van der Waals surface area contributed by atoms with Crippen LogP contribution in [0.3, 0.4) is 0 Å². The molecule has 1 aliphatic heterocycles. The molecule has 1 amide bonds. The van der Waals surface area contributed by atoms with Gasteiger partial charge in [-0.1, -0.05) is 50.3 Å². The molecule has 1 heterocycles. The molecule has 0 bridgehead atoms. The Balaban J connectivity index is 1.94. The third-order valence-corrected chi connectivity index (χ3v) is 5.76. The zero-order valence-corrected chi connectivity index (χ0v) is 14.9. The number of hydrogen-bond acceptors (Lipinski definition) is 4. The largest absolute Gasteiger partial charge is 0.462 e. The van der Waals surface area contributed by atoms with Crippen LogP contribution in [0.4, 0.5) is 0 Å². The third-order valence-electron chi connectivity index (χ3n) is 5.76. The fourth-order valence-corrected chi connectivity index (χ4v) is 4.70. The molecule has 1 aliphatic carbocycles. The van der Waals surface area contributed by atoms with Crippen LogP contribution in [0.25, 0.3) is 0 Å². The first-order chi connectivity index (χ1) is 12.1. The van der Waals surface area contributed by atoms with E-state index in [0.29, 0.717) is 24.6 Å². The van der Waals surface area contributed by atoms with Gasteiger partial charge in [0.05, 0.1) is 18.2 Å². The van der Waals surface area contributed by atoms with Gasteiger partial charge in [-0.05, 0) is 30.4 Å². The standard InChI is InChI=1S/C20H28N2O3/c1-2-25-20(24)15-11-7-6-10-14(15)16-12-22-18(19(21)23)17(16)13-8-4-3-5-9-13/h6-7,10-11,13,16-18,22H,2-5,8-9,12H2,1H3,(H2,21,23)/t16?,17-,18+/m1/s1. The molecule has 2 aliphatic rings. The van der Waals surface area contributed by atoms with E-state index in [1.54, 1.807) is 0 Å². The quantitative estimate of drug-likeness (QED) is 0.805. The van der Waals surface area contributed by atoms with Gasteiger partial charge in [0.25, 0.3) is 0 Å². The molecule has 2 fully saturated rings. The van der Waals surface area contributed by atoms with Crippen molar-refractivity contribution in [1.82, 2.24) is 5.32 Å². The maximum atomic E-state index is 12.4. The molecular weight excluding hydrogens is 316 g/mol. The summed E-state index contributed by atoms with van der Waals surface area (Å²) in [5.74, 6) is 0.158. The maximum Gasteiger partial charge on any atom is 0.338 e. The van der Waals surface area contributed by atoms with Gasteiger partial charge in [0.15, 0.2) is 0 Å². The van der Waals surface area contributed by atoms with Gasteiger partial charge in [0.2, 0.25) is 5.91 Å². The molecule has 136 valence electrons. The van der Waals surface area contributed by atoms with Crippen LogP contribution in [0.1, 0.15) is 60.9 Å². The molecule has 0 spiro atoms. The van der Waals surface area contributed by atoms with E-state index in [-0.39, 0.29) is 29.8 Å². The number of esters is 1. The zero-order chi connectivity index (χ0) is 17.8. The predicted octanol–water partition coefficient (Wildman–Crippen LogP) is 2.60. The molecule has 1 aromatic rings. The van der Waals surface area contributed by atoms with Crippen LogP contribution in [0.2, 0.25) is 0 Å². The number of ether oxygens (including phenoxy) is 1. The highest BCUT2D eigenvalue weighted by molar-refractivity contribution is 5.91. The van der Waals surface area contributed by atoms with E-state index >= 15 is 0 Å². The highest BCUT2D eigenvalue weighted by atomic mass is 16.5. The smallest absolute Gasteiger partial charge is 0.338 e. The second-order valence-corrected chi connectivity index (χ2v) is 7.18. The van der Waals surface area contributed by atoms with E-state index in [1.807, 2.05) is 31.2 Å². The lowest BCUT2D eigenvalue weighted by Crippen LogP contribution is -2.43. The molecule has 5 nitrogen and oxygen atoms in total. The Morgan fingerprint density at radius 2 is 1.92 bits per heavy atom. The lowest BCUT2D eigenvalue weighted by atomic mass is 9.70. The lowest BCUT2D eigenvalue weighted by Gasteiger charge is -2.34. The van der Waals surface area contributed by atoms with Crippen molar-refractivity contribution in [2.24, 2.45) is 17.6 Å². The van der Waals surface area contributed by atoms with Crippen molar-refractivity contribution in [3.05, 3.63) is 35.4 Å². The molecule has 25 heavy (non-hydrogen) atoms. The molecule has 1 saturated heterocycles. The van der Waals surface area contributed by atoms with E-state index in [4.69, 9.17) is 10.5 Å². The second-order valence-electron chi connectivity index (χ2n) is 7.18. The summed E-state index contributed by atoms with van der Waals surface area (Å²) in [6.45, 7) is 2.84. The Hall–Kier alpha value is -1.88. The van der Waals surface area contributed by atoms with Crippen LogP contribution in [-0.2, 0) is 9.53 Å². The molecule has 1 unspecified atom stereocenters. The highest BCUT2D eigenvalue weighted by Crippen LogP contribution is 2.43. The van der Waals surface area contributed by atoms with Crippen molar-refractivity contribution in [3.63, 3.8) is 0 Å². The van der Waals surface area contributed by atoms with Crippen LogP contribution in [0.5, 0.6) is 0 Å². The summed E-state index contributed by atoms with van der Waals surface area (Å²) in [5.41, 5.74) is 7.28. The van der Waals surface area contributed by atoms with Crippen molar-refractivity contribution < 1.29 is 14.3 Å². The average molecular weight is 344 g/mol. The number of primary amides is 1. The van der Waals surface area contributed by atoms with Crippen molar-refractivity contribution in [2.75, 3.05) is 13.2 Å². The van der Waals surface area contributed by atoms with Gasteiger partial charge in [0, 0.05) is 12.5 Å². The summed E-state index contributed by atoms with van der Waals surface area (Å²) in [5, 5.41) is 3.32. The van der Waals surface area contributed by atoms with Crippen molar-refractivity contribution in [2.45, 2.75) is 51.0 Å². The first-order valence-corrected chi connectivity index (χ1v) is 9.42. The zero-order valence-electron chi connectivity index (χ0n) is 14.9. The van der Waals surface area contributed by atoms with Crippen LogP contribution in [0.15, 0.2) is 24.3 Å². The maximum absolute atomic E-state index is 12.4. The Morgan fingerprint density at radius 3 is 2.60 bits per heavy atom. The number of nitrogens with one attached hydrogen (secondary N) is 1. The summed E-state index contributed by atoms with van der Waals surface area (Å²) >= 11 is 0. The normalized spacial score (nSPS) is 27.2. The summed E-state index contributed by atoms with van der Waals surface area (Å²) in [4.78, 5) is 24.4. The Bertz CT molecular complexity index is 625. The molecule has 0 radical (unpaired) electrons.